The van der Waals surface area contributed by atoms with Crippen molar-refractivity contribution < 1.29 is 18.0 Å². The molecule has 0 unspecified atom stereocenters. The average Bonchev–Trinajstić information content (AvgIpc) is 1.84. The van der Waals surface area contributed by atoms with Gasteiger partial charge in [0.05, 0.1) is 0 Å². The second-order valence-corrected chi connectivity index (χ2v) is 1.60. The number of carbonyl (C=O) groups excluding carboxylic acids is 1. The van der Waals surface area contributed by atoms with E-state index in [1.807, 2.05) is 0 Å². The third-order valence-corrected chi connectivity index (χ3v) is 0.600. The van der Waals surface area contributed by atoms with Crippen LogP contribution in [0.5, 0.6) is 0 Å². The molecule has 0 rings (SSSR count). The number of amides is 1. The van der Waals surface area contributed by atoms with E-state index >= 15 is 0 Å². The molecule has 0 atom stereocenters. The molecule has 0 aliphatic rings. The highest BCUT2D eigenvalue weighted by Crippen LogP contribution is 2.04. The van der Waals surface area contributed by atoms with Gasteiger partial charge in [-0.25, -0.2) is 0 Å². The standard InChI is InChI=1S/C5H5F3N2O/c1-4(11)9-10-5(7,8)2-3-6/h10H,1H3,(H,9,11). The first-order chi connectivity index (χ1) is 4.98. The van der Waals surface area contributed by atoms with Gasteiger partial charge in [-0.1, -0.05) is 0 Å². The van der Waals surface area contributed by atoms with Crippen LogP contribution in [0.2, 0.25) is 0 Å². The van der Waals surface area contributed by atoms with E-state index in [1.165, 1.54) is 5.43 Å². The Balaban J connectivity index is 3.89. The monoisotopic (exact) mass is 166 g/mol. The van der Waals surface area contributed by atoms with Crippen molar-refractivity contribution >= 4 is 5.91 Å². The van der Waals surface area contributed by atoms with Crippen molar-refractivity contribution in [3.8, 4) is 12.1 Å². The molecule has 2 N–H and O–H groups in total. The van der Waals surface area contributed by atoms with Gasteiger partial charge in [0.2, 0.25) is 5.91 Å². The molecule has 0 aromatic rings. The summed E-state index contributed by atoms with van der Waals surface area (Å²) >= 11 is 0. The maximum atomic E-state index is 12.0. The number of hydrazine groups is 1. The summed E-state index contributed by atoms with van der Waals surface area (Å²) in [6.45, 7) is 1.02. The Morgan fingerprint density at radius 3 is 2.45 bits per heavy atom. The molecule has 0 aliphatic carbocycles. The molecule has 6 heteroatoms. The Bertz CT molecular complexity index is 206. The van der Waals surface area contributed by atoms with E-state index in [0.29, 0.717) is 6.17 Å². The largest absolute Gasteiger partial charge is 0.385 e. The molecule has 3 nitrogen and oxygen atoms in total. The van der Waals surface area contributed by atoms with Gasteiger partial charge in [0.15, 0.2) is 0 Å². The predicted octanol–water partition coefficient (Wildman–Crippen LogP) is 0.150. The van der Waals surface area contributed by atoms with Crippen LogP contribution in [0.3, 0.4) is 0 Å². The Hall–Kier alpha value is -1.22. The summed E-state index contributed by atoms with van der Waals surface area (Å²) in [6, 6.07) is -3.74. The van der Waals surface area contributed by atoms with Crippen LogP contribution < -0.4 is 10.9 Å². The number of nitrogens with one attached hydrogen (secondary N) is 2. The van der Waals surface area contributed by atoms with Gasteiger partial charge in [0, 0.05) is 12.8 Å². The summed E-state index contributed by atoms with van der Waals surface area (Å²) in [4.78, 5) is 10.0. The van der Waals surface area contributed by atoms with Crippen LogP contribution >= 0.6 is 0 Å². The van der Waals surface area contributed by atoms with Crippen LogP contribution in [-0.2, 0) is 4.79 Å². The molecule has 1 amide bonds. The third kappa shape index (κ3) is 5.24. The number of hydrogen-bond acceptors (Lipinski definition) is 2. The highest BCUT2D eigenvalue weighted by Gasteiger charge is 2.25. The fourth-order valence-electron chi connectivity index (χ4n) is 0.257. The van der Waals surface area contributed by atoms with Gasteiger partial charge in [-0.2, -0.15) is 14.2 Å². The maximum Gasteiger partial charge on any atom is 0.385 e. The zero-order valence-corrected chi connectivity index (χ0v) is 5.54. The van der Waals surface area contributed by atoms with Crippen LogP contribution in [0, 0.1) is 12.1 Å². The highest BCUT2D eigenvalue weighted by molar-refractivity contribution is 5.72. The van der Waals surface area contributed by atoms with E-state index in [4.69, 9.17) is 0 Å². The topological polar surface area (TPSA) is 41.1 Å². The summed E-state index contributed by atoms with van der Waals surface area (Å²) in [6.07, 6.45) is 0.518. The number of alkyl halides is 2. The van der Waals surface area contributed by atoms with Gasteiger partial charge in [0.25, 0.3) is 0 Å². The maximum absolute atomic E-state index is 12.0. The SMILES string of the molecule is CC(=O)NNC(F)(F)C#CF. The highest BCUT2D eigenvalue weighted by atomic mass is 19.3. The van der Waals surface area contributed by atoms with E-state index in [2.05, 4.69) is 0 Å². The summed E-state index contributed by atoms with van der Waals surface area (Å²) < 4.78 is 35.1. The van der Waals surface area contributed by atoms with Crippen molar-refractivity contribution in [3.05, 3.63) is 0 Å². The zero-order valence-electron chi connectivity index (χ0n) is 5.54. The molecule has 62 valence electrons. The minimum Gasteiger partial charge on any atom is -0.286 e. The molecule has 0 saturated carbocycles. The first-order valence-electron chi connectivity index (χ1n) is 2.52. The van der Waals surface area contributed by atoms with E-state index in [9.17, 15) is 18.0 Å². The molecule has 0 spiro atoms. The van der Waals surface area contributed by atoms with Crippen molar-refractivity contribution in [2.24, 2.45) is 0 Å². The molecule has 0 radical (unpaired) electrons. The number of rotatable bonds is 2. The summed E-state index contributed by atoms with van der Waals surface area (Å²) in [5.74, 6) is 0.184. The molecule has 0 aromatic carbocycles. The predicted molar refractivity (Wildman–Crippen MR) is 30.8 cm³/mol. The molecule has 11 heavy (non-hydrogen) atoms. The molecule has 0 fully saturated rings. The molecule has 0 aliphatic heterocycles. The Morgan fingerprint density at radius 1 is 1.55 bits per heavy atom. The summed E-state index contributed by atoms with van der Waals surface area (Å²) in [7, 11) is 0. The van der Waals surface area contributed by atoms with Gasteiger partial charge >= 0.3 is 6.05 Å². The molecule has 0 heterocycles. The minimum atomic E-state index is -3.74. The fourth-order valence-corrected chi connectivity index (χ4v) is 0.257. The number of carbonyl (C=O) groups is 1. The Kier molecular flexibility index (Phi) is 3.40. The van der Waals surface area contributed by atoms with Crippen LogP contribution in [-0.4, -0.2) is 12.0 Å². The van der Waals surface area contributed by atoms with Crippen molar-refractivity contribution in [2.75, 3.05) is 0 Å². The van der Waals surface area contributed by atoms with Crippen LogP contribution in [0.1, 0.15) is 6.92 Å². The average molecular weight is 166 g/mol. The lowest BCUT2D eigenvalue weighted by atomic mass is 10.6. The van der Waals surface area contributed by atoms with Crippen LogP contribution in [0.15, 0.2) is 0 Å². The second kappa shape index (κ2) is 3.83. The van der Waals surface area contributed by atoms with Gasteiger partial charge in [-0.15, -0.1) is 4.39 Å². The van der Waals surface area contributed by atoms with Crippen molar-refractivity contribution in [1.82, 2.24) is 10.9 Å². The molecular weight excluding hydrogens is 161 g/mol. The van der Waals surface area contributed by atoms with E-state index < -0.39 is 12.0 Å². The van der Waals surface area contributed by atoms with Gasteiger partial charge in [-0.05, 0) is 0 Å². The van der Waals surface area contributed by atoms with E-state index in [-0.39, 0.29) is 0 Å². The van der Waals surface area contributed by atoms with Crippen LogP contribution in [0.25, 0.3) is 0 Å². The van der Waals surface area contributed by atoms with Gasteiger partial charge < -0.3 is 0 Å². The Labute approximate surface area is 60.9 Å². The summed E-state index contributed by atoms with van der Waals surface area (Å²) in [5.41, 5.74) is 2.78. The number of halogens is 3. The Morgan fingerprint density at radius 2 is 2.09 bits per heavy atom. The molecule has 0 bridgehead atoms. The molecule has 0 saturated heterocycles. The van der Waals surface area contributed by atoms with Crippen molar-refractivity contribution in [1.29, 1.82) is 0 Å². The zero-order chi connectivity index (χ0) is 8.91. The van der Waals surface area contributed by atoms with Gasteiger partial charge in [0.1, 0.15) is 6.17 Å². The third-order valence-electron chi connectivity index (χ3n) is 0.600. The normalized spacial score (nSPS) is 9.82. The van der Waals surface area contributed by atoms with Crippen molar-refractivity contribution in [3.63, 3.8) is 0 Å². The van der Waals surface area contributed by atoms with Crippen LogP contribution in [0.4, 0.5) is 13.2 Å². The first-order valence-corrected chi connectivity index (χ1v) is 2.52. The fraction of sp³-hybridized carbons (Fsp3) is 0.400. The smallest absolute Gasteiger partial charge is 0.286 e. The quantitative estimate of drug-likeness (QED) is 0.348. The van der Waals surface area contributed by atoms with E-state index in [0.717, 1.165) is 12.8 Å². The first kappa shape index (κ1) is 9.78. The second-order valence-electron chi connectivity index (χ2n) is 1.60. The van der Waals surface area contributed by atoms with Crippen molar-refractivity contribution in [2.45, 2.75) is 13.0 Å². The van der Waals surface area contributed by atoms with Gasteiger partial charge in [-0.3, -0.25) is 10.2 Å². The van der Waals surface area contributed by atoms with E-state index in [1.54, 1.807) is 5.43 Å². The minimum absolute atomic E-state index is 0.518. The summed E-state index contributed by atoms with van der Waals surface area (Å²) in [5, 5.41) is 0. The lowest BCUT2D eigenvalue weighted by Gasteiger charge is -2.09. The lowest BCUT2D eigenvalue weighted by molar-refractivity contribution is -0.122. The lowest BCUT2D eigenvalue weighted by Crippen LogP contribution is -2.47. The number of hydrogen-bond donors (Lipinski definition) is 2. The molecular formula is C5H5F3N2O. The molecule has 0 aromatic heterocycles.